The Hall–Kier alpha value is 1.08. The summed E-state index contributed by atoms with van der Waals surface area (Å²) >= 11 is 1.75. The van der Waals surface area contributed by atoms with Gasteiger partial charge in [0, 0.05) is 22.9 Å². The quantitative estimate of drug-likeness (QED) is 0.325. The second-order valence-electron chi connectivity index (χ2n) is 1.36. The number of rotatable bonds is 3. The Morgan fingerprint density at radius 1 is 2.00 bits per heavy atom. The average molecular weight is 209 g/mol. The summed E-state index contributed by atoms with van der Waals surface area (Å²) in [6.45, 7) is -0.384. The van der Waals surface area contributed by atoms with Crippen LogP contribution in [0, 0.1) is 0 Å². The van der Waals surface area contributed by atoms with Crippen LogP contribution in [0.25, 0.3) is 0 Å². The summed E-state index contributed by atoms with van der Waals surface area (Å²) in [6.07, 6.45) is -0.593. The number of nitrogens with one attached hydrogen (secondary N) is 1. The summed E-state index contributed by atoms with van der Waals surface area (Å²) in [6, 6.07) is 0. The lowest BCUT2D eigenvalue weighted by Gasteiger charge is -2.29. The minimum absolute atomic E-state index is 0.384. The highest BCUT2D eigenvalue weighted by Gasteiger charge is 1.96. The van der Waals surface area contributed by atoms with E-state index in [2.05, 4.69) is 0 Å². The van der Waals surface area contributed by atoms with Crippen LogP contribution in [0.3, 0.4) is 0 Å². The van der Waals surface area contributed by atoms with Crippen LogP contribution in [0.4, 0.5) is 0 Å². The second kappa shape index (κ2) is 4.91. The van der Waals surface area contributed by atoms with Gasteiger partial charge in [-0.2, -0.15) is 6.39 Å². The lowest BCUT2D eigenvalue weighted by Crippen LogP contribution is -2.50. The van der Waals surface area contributed by atoms with Crippen LogP contribution in [0.2, 0.25) is 1.41 Å². The number of hydrogen-bond donors (Lipinski definition) is 1. The Balaban J connectivity index is 3.68. The third-order valence-corrected chi connectivity index (χ3v) is 1.35. The van der Waals surface area contributed by atoms with Crippen LogP contribution in [0.15, 0.2) is 0 Å². The van der Waals surface area contributed by atoms with E-state index in [-0.39, 0.29) is 6.63 Å². The van der Waals surface area contributed by atoms with Crippen molar-refractivity contribution in [3.63, 3.8) is 0 Å². The third kappa shape index (κ3) is 3.17. The lowest BCUT2D eigenvalue weighted by molar-refractivity contribution is 1.80. The molecule has 0 atom stereocenters. The maximum atomic E-state index is 7.01. The van der Waals surface area contributed by atoms with Crippen molar-refractivity contribution in [2.75, 3.05) is 0 Å². The van der Waals surface area contributed by atoms with E-state index in [1.54, 1.807) is 22.9 Å². The Morgan fingerprint density at radius 3 is 2.50 bits per heavy atom. The van der Waals surface area contributed by atoms with E-state index in [9.17, 15) is 0 Å². The van der Waals surface area contributed by atoms with Gasteiger partial charge in [0.2, 0.25) is 0 Å². The van der Waals surface area contributed by atoms with E-state index in [1.807, 2.05) is 0 Å². The molecule has 1 N–H and O–H groups in total. The predicted molar refractivity (Wildman–Crippen MR) is 51.7 cm³/mol. The minimum Gasteiger partial charge on any atom is -0.688 e. The van der Waals surface area contributed by atoms with Crippen molar-refractivity contribution in [1.29, 1.82) is 0 Å². The van der Waals surface area contributed by atoms with Gasteiger partial charge in [-0.25, -0.2) is 7.06 Å². The lowest BCUT2D eigenvalue weighted by atomic mass is 8.86. The maximum absolute atomic E-state index is 7.01. The molecule has 0 aliphatic rings. The fourth-order valence-corrected chi connectivity index (χ4v) is 0.783. The number of halogens is 1. The Labute approximate surface area is 71.0 Å². The average Bonchev–Trinajstić information content (AvgIpc) is 1.64. The van der Waals surface area contributed by atoms with Crippen LogP contribution in [0.5, 0.6) is 0 Å². The zero-order chi connectivity index (χ0) is 7.44. The molecule has 0 bridgehead atoms. The SMILES string of the molecule is [3H]N(I)B([B][B-])B([B])[B-]. The molecule has 33 valence electrons. The highest BCUT2D eigenvalue weighted by molar-refractivity contribution is 14.1. The largest absolute Gasteiger partial charge is 0.688 e. The second-order valence-corrected chi connectivity index (χ2v) is 1.92. The van der Waals surface area contributed by atoms with E-state index in [1.165, 1.54) is 7.06 Å². The van der Waals surface area contributed by atoms with E-state index in [0.717, 1.165) is 3.43 Å². The van der Waals surface area contributed by atoms with Crippen molar-refractivity contribution in [2.24, 2.45) is 0 Å². The first-order chi connectivity index (χ1) is 4.09. The normalized spacial score (nSPS) is 10.8. The molecular formula is HB6IN-2. The molecule has 0 aliphatic heterocycles. The van der Waals surface area contributed by atoms with Crippen LogP contribution >= 0.6 is 22.9 Å². The maximum Gasteiger partial charge on any atom is 0.117 e. The van der Waals surface area contributed by atoms with E-state index < -0.39 is 6.39 Å². The van der Waals surface area contributed by atoms with Crippen LogP contribution in [0.1, 0.15) is 0 Å². The van der Waals surface area contributed by atoms with Crippen molar-refractivity contribution in [3.8, 4) is 0 Å². The zero-order valence-corrected chi connectivity index (χ0v) is 6.45. The highest BCUT2D eigenvalue weighted by atomic mass is 127. The fraction of sp³-hybridized carbons (Fsp3) is 0. The van der Waals surface area contributed by atoms with Gasteiger partial charge in [0.15, 0.2) is 0 Å². The molecule has 0 fully saturated rings. The molecule has 8 heteroatoms. The monoisotopic (exact) mass is 210 g/mol. The first kappa shape index (κ1) is 7.19. The summed E-state index contributed by atoms with van der Waals surface area (Å²) in [5, 5.41) is 0. The molecule has 0 aromatic heterocycles. The van der Waals surface area contributed by atoms with E-state index in [4.69, 9.17) is 24.6 Å². The zero-order valence-electron chi connectivity index (χ0n) is 5.29. The highest BCUT2D eigenvalue weighted by Crippen LogP contribution is 1.77. The van der Waals surface area contributed by atoms with Gasteiger partial charge in [-0.3, -0.25) is 0 Å². The standard InChI is InChI=1S/B6HIN/c1-4-6(8-7)5(2)3/h8H/q-2/i/hT. The summed E-state index contributed by atoms with van der Waals surface area (Å²) in [5.41, 5.74) is 0. The molecule has 0 spiro atoms. The third-order valence-electron chi connectivity index (χ3n) is 0.704. The van der Waals surface area contributed by atoms with Gasteiger partial charge in [-0.15, -0.1) is 0 Å². The van der Waals surface area contributed by atoms with Crippen molar-refractivity contribution >= 4 is 66.2 Å². The molecule has 0 aromatic rings. The summed E-state index contributed by atoms with van der Waals surface area (Å²) in [5.74, 6) is 0. The molecular weight excluding hydrogens is 206 g/mol. The summed E-state index contributed by atoms with van der Waals surface area (Å²) in [7, 11) is 16.9. The van der Waals surface area contributed by atoms with Gasteiger partial charge in [0.05, 0.1) is 6.63 Å². The smallest absolute Gasteiger partial charge is 0.117 e. The Morgan fingerprint density at radius 2 is 2.50 bits per heavy atom. The fourth-order valence-electron chi connectivity index (χ4n) is 0.226. The molecule has 0 saturated carbocycles. The topological polar surface area (TPSA) is 12.0 Å². The first-order valence-electron chi connectivity index (χ1n) is 2.54. The molecule has 0 unspecified atom stereocenters. The van der Waals surface area contributed by atoms with Gasteiger partial charge in [-0.1, -0.05) is 0 Å². The summed E-state index contributed by atoms with van der Waals surface area (Å²) < 4.78 is 8.10. The van der Waals surface area contributed by atoms with Gasteiger partial charge < -0.3 is 18.9 Å². The molecule has 8 heavy (non-hydrogen) atoms. The molecule has 0 heterocycles. The molecule has 0 amide bonds. The van der Waals surface area contributed by atoms with Crippen molar-refractivity contribution in [3.05, 3.63) is 0 Å². The van der Waals surface area contributed by atoms with Crippen molar-refractivity contribution in [2.45, 2.75) is 0 Å². The van der Waals surface area contributed by atoms with E-state index in [0.29, 0.717) is 0 Å². The molecule has 9 radical (unpaired) electrons. The van der Waals surface area contributed by atoms with Crippen LogP contribution in [-0.2, 0) is 0 Å². The van der Waals surface area contributed by atoms with Crippen LogP contribution in [-0.4, -0.2) is 43.3 Å². The molecule has 0 aliphatic carbocycles. The van der Waals surface area contributed by atoms with Gasteiger partial charge in [0.25, 0.3) is 0 Å². The minimum atomic E-state index is -0.593. The summed E-state index contributed by atoms with van der Waals surface area (Å²) in [4.78, 5) is 0. The van der Waals surface area contributed by atoms with Crippen LogP contribution < -0.4 is 3.43 Å². The van der Waals surface area contributed by atoms with Gasteiger partial charge >= 0.3 is 0 Å². The van der Waals surface area contributed by atoms with Crippen molar-refractivity contribution in [1.82, 2.24) is 3.43 Å². The van der Waals surface area contributed by atoms with E-state index >= 15 is 0 Å². The van der Waals surface area contributed by atoms with Gasteiger partial charge in [-0.05, 0) is 7.74 Å². The molecule has 1 nitrogen and oxygen atoms in total. The molecule has 0 saturated heterocycles. The van der Waals surface area contributed by atoms with Crippen molar-refractivity contribution < 1.29 is 1.41 Å². The molecule has 0 rings (SSSR count). The Bertz CT molecular complexity index is 67.5. The number of hydrogen-bond acceptors (Lipinski definition) is 1. The Kier molecular flexibility index (Phi) is 4.41. The van der Waals surface area contributed by atoms with Gasteiger partial charge in [0.1, 0.15) is 1.41 Å². The first-order valence-corrected chi connectivity index (χ1v) is 3.06. The predicted octanol–water partition coefficient (Wildman–Crippen LogP) is -1.89. The molecule has 0 aromatic carbocycles.